The van der Waals surface area contributed by atoms with E-state index in [1.165, 1.54) is 29.5 Å². The largest absolute Gasteiger partial charge is 0.493 e. The van der Waals surface area contributed by atoms with Gasteiger partial charge in [0.15, 0.2) is 11.5 Å². The predicted molar refractivity (Wildman–Crippen MR) is 136 cm³/mol. The highest BCUT2D eigenvalue weighted by atomic mass is 32.2. The second-order valence-electron chi connectivity index (χ2n) is 8.27. The third kappa shape index (κ3) is 6.55. The first-order valence-corrected chi connectivity index (χ1v) is 13.9. The van der Waals surface area contributed by atoms with Gasteiger partial charge in [-0.1, -0.05) is 18.2 Å². The molecule has 0 unspecified atom stereocenters. The Balaban J connectivity index is 1.53. The van der Waals surface area contributed by atoms with Crippen molar-refractivity contribution in [2.75, 3.05) is 34.0 Å². The van der Waals surface area contributed by atoms with Crippen molar-refractivity contribution in [2.24, 2.45) is 0 Å². The predicted octanol–water partition coefficient (Wildman–Crippen LogP) is 4.76. The van der Waals surface area contributed by atoms with Crippen LogP contribution in [0.4, 0.5) is 0 Å². The van der Waals surface area contributed by atoms with E-state index in [4.69, 9.17) is 18.9 Å². The van der Waals surface area contributed by atoms with Gasteiger partial charge in [0.2, 0.25) is 10.0 Å². The van der Waals surface area contributed by atoms with Crippen LogP contribution in [0.15, 0.2) is 64.9 Å². The minimum absolute atomic E-state index is 0.129. The highest BCUT2D eigenvalue weighted by molar-refractivity contribution is 7.89. The van der Waals surface area contributed by atoms with E-state index in [1.807, 2.05) is 30.3 Å². The van der Waals surface area contributed by atoms with Crippen molar-refractivity contribution in [3.63, 3.8) is 0 Å². The lowest BCUT2D eigenvalue weighted by Gasteiger charge is -2.25. The van der Waals surface area contributed by atoms with Crippen molar-refractivity contribution >= 4 is 21.4 Å². The molecule has 1 saturated heterocycles. The van der Waals surface area contributed by atoms with Crippen molar-refractivity contribution in [3.05, 3.63) is 70.4 Å². The zero-order valence-electron chi connectivity index (χ0n) is 20.0. The fourth-order valence-corrected chi connectivity index (χ4v) is 6.22. The van der Waals surface area contributed by atoms with Crippen molar-refractivity contribution < 1.29 is 27.4 Å². The van der Waals surface area contributed by atoms with Gasteiger partial charge in [0.1, 0.15) is 5.75 Å². The van der Waals surface area contributed by atoms with Crippen molar-refractivity contribution in [2.45, 2.75) is 36.8 Å². The Hall–Kier alpha value is -2.59. The number of sulfonamides is 1. The SMILES string of the molecule is COc1ccc(S(=O)(=O)N(Cc2cccc(OCCc3cccs3)c2)C[C@@H]2CCCO2)cc1OC. The lowest BCUT2D eigenvalue weighted by molar-refractivity contribution is 0.0926. The van der Waals surface area contributed by atoms with Gasteiger partial charge in [-0.05, 0) is 54.1 Å². The zero-order valence-corrected chi connectivity index (χ0v) is 21.6. The highest BCUT2D eigenvalue weighted by Crippen LogP contribution is 2.32. The van der Waals surface area contributed by atoms with Gasteiger partial charge in [0.05, 0.1) is 31.8 Å². The van der Waals surface area contributed by atoms with E-state index in [0.29, 0.717) is 24.7 Å². The summed E-state index contributed by atoms with van der Waals surface area (Å²) in [5, 5.41) is 2.05. The van der Waals surface area contributed by atoms with Crippen LogP contribution in [0, 0.1) is 0 Å². The average molecular weight is 518 g/mol. The van der Waals surface area contributed by atoms with Gasteiger partial charge >= 0.3 is 0 Å². The molecule has 1 aromatic heterocycles. The highest BCUT2D eigenvalue weighted by Gasteiger charge is 2.30. The van der Waals surface area contributed by atoms with E-state index in [2.05, 4.69) is 11.4 Å². The molecule has 1 aliphatic heterocycles. The van der Waals surface area contributed by atoms with Gasteiger partial charge in [0, 0.05) is 37.1 Å². The minimum atomic E-state index is -3.83. The summed E-state index contributed by atoms with van der Waals surface area (Å²) in [4.78, 5) is 1.42. The fourth-order valence-electron chi connectivity index (χ4n) is 4.05. The van der Waals surface area contributed by atoms with Crippen LogP contribution in [0.1, 0.15) is 23.3 Å². The van der Waals surface area contributed by atoms with E-state index in [1.54, 1.807) is 23.5 Å². The molecule has 0 amide bonds. The molecule has 188 valence electrons. The molecule has 0 spiro atoms. The molecule has 0 bridgehead atoms. The number of hydrogen-bond donors (Lipinski definition) is 0. The second kappa shape index (κ2) is 11.9. The maximum absolute atomic E-state index is 13.7. The zero-order chi connectivity index (χ0) is 24.7. The Morgan fingerprint density at radius 1 is 1.06 bits per heavy atom. The number of thiophene rings is 1. The summed E-state index contributed by atoms with van der Waals surface area (Å²) in [6, 6.07) is 16.4. The molecule has 0 N–H and O–H groups in total. The summed E-state index contributed by atoms with van der Waals surface area (Å²) >= 11 is 1.71. The molecule has 9 heteroatoms. The Kier molecular flexibility index (Phi) is 8.67. The van der Waals surface area contributed by atoms with Gasteiger partial charge in [-0.15, -0.1) is 11.3 Å². The molecule has 35 heavy (non-hydrogen) atoms. The van der Waals surface area contributed by atoms with Crippen LogP contribution in [0.25, 0.3) is 0 Å². The fraction of sp³-hybridized carbons (Fsp3) is 0.385. The minimum Gasteiger partial charge on any atom is -0.493 e. The quantitative estimate of drug-likeness (QED) is 0.345. The summed E-state index contributed by atoms with van der Waals surface area (Å²) in [5.74, 6) is 1.57. The van der Waals surface area contributed by atoms with Crippen LogP contribution < -0.4 is 14.2 Å². The van der Waals surface area contributed by atoms with Gasteiger partial charge < -0.3 is 18.9 Å². The number of benzene rings is 2. The normalized spacial score (nSPS) is 15.9. The maximum atomic E-state index is 13.7. The molecule has 0 radical (unpaired) electrons. The van der Waals surface area contributed by atoms with Gasteiger partial charge in [-0.2, -0.15) is 4.31 Å². The van der Waals surface area contributed by atoms with E-state index in [-0.39, 0.29) is 24.1 Å². The number of ether oxygens (including phenoxy) is 4. The van der Waals surface area contributed by atoms with Gasteiger partial charge in [0.25, 0.3) is 0 Å². The monoisotopic (exact) mass is 517 g/mol. The molecule has 4 rings (SSSR count). The number of methoxy groups -OCH3 is 2. The molecular formula is C26H31NO6S2. The number of rotatable bonds is 12. The van der Waals surface area contributed by atoms with Crippen molar-refractivity contribution in [3.8, 4) is 17.2 Å². The Bertz CT molecular complexity index is 1190. The third-order valence-electron chi connectivity index (χ3n) is 5.88. The van der Waals surface area contributed by atoms with E-state index in [0.717, 1.165) is 30.6 Å². The molecular weight excluding hydrogens is 486 g/mol. The van der Waals surface area contributed by atoms with Crippen molar-refractivity contribution in [1.29, 1.82) is 0 Å². The summed E-state index contributed by atoms with van der Waals surface area (Å²) in [6.45, 7) is 1.70. The lowest BCUT2D eigenvalue weighted by Crippen LogP contribution is -2.37. The van der Waals surface area contributed by atoms with Crippen LogP contribution in [-0.2, 0) is 27.7 Å². The molecule has 0 saturated carbocycles. The van der Waals surface area contributed by atoms with E-state index in [9.17, 15) is 8.42 Å². The van der Waals surface area contributed by atoms with Gasteiger partial charge in [-0.25, -0.2) is 8.42 Å². The summed E-state index contributed by atoms with van der Waals surface area (Å²) in [7, 11) is -0.818. The first-order valence-electron chi connectivity index (χ1n) is 11.6. The standard InChI is InChI=1S/C26H31NO6S2/c1-30-25-11-10-24(17-26(25)31-2)35(28,29)27(19-22-8-4-13-32-22)18-20-6-3-7-21(16-20)33-14-12-23-9-5-15-34-23/h3,5-7,9-11,15-17,22H,4,8,12-14,18-19H2,1-2H3/t22-/m0/s1. The first-order chi connectivity index (χ1) is 17.0. The maximum Gasteiger partial charge on any atom is 0.243 e. The van der Waals surface area contributed by atoms with Crippen molar-refractivity contribution in [1.82, 2.24) is 4.31 Å². The molecule has 7 nitrogen and oxygen atoms in total. The summed E-state index contributed by atoms with van der Waals surface area (Å²) in [6.07, 6.45) is 2.47. The molecule has 1 aliphatic rings. The number of nitrogens with zero attached hydrogens (tertiary/aromatic N) is 1. The molecule has 2 aromatic carbocycles. The number of hydrogen-bond acceptors (Lipinski definition) is 7. The van der Waals surface area contributed by atoms with Gasteiger partial charge in [-0.3, -0.25) is 0 Å². The lowest BCUT2D eigenvalue weighted by atomic mass is 10.2. The smallest absolute Gasteiger partial charge is 0.243 e. The summed E-state index contributed by atoms with van der Waals surface area (Å²) in [5.41, 5.74) is 0.848. The Morgan fingerprint density at radius 2 is 1.91 bits per heavy atom. The topological polar surface area (TPSA) is 74.3 Å². The van der Waals surface area contributed by atoms with Crippen LogP contribution in [0.5, 0.6) is 17.2 Å². The van der Waals surface area contributed by atoms with E-state index >= 15 is 0 Å². The van der Waals surface area contributed by atoms with Crippen LogP contribution in [-0.4, -0.2) is 52.8 Å². The molecule has 0 aliphatic carbocycles. The molecule has 1 atom stereocenters. The Labute approximate surface area is 211 Å². The average Bonchev–Trinajstić information content (AvgIpc) is 3.58. The molecule has 3 aromatic rings. The first kappa shape index (κ1) is 25.5. The molecule has 1 fully saturated rings. The van der Waals surface area contributed by atoms with E-state index < -0.39 is 10.0 Å². The van der Waals surface area contributed by atoms with Crippen LogP contribution >= 0.6 is 11.3 Å². The second-order valence-corrected chi connectivity index (χ2v) is 11.2. The molecule has 2 heterocycles. The third-order valence-corrected chi connectivity index (χ3v) is 8.62. The van der Waals surface area contributed by atoms with Crippen LogP contribution in [0.2, 0.25) is 0 Å². The summed E-state index contributed by atoms with van der Waals surface area (Å²) < 4.78 is 51.3. The Morgan fingerprint density at radius 3 is 2.63 bits per heavy atom. The van der Waals surface area contributed by atoms with Crippen LogP contribution in [0.3, 0.4) is 0 Å².